The topological polar surface area (TPSA) is 62.2 Å². The summed E-state index contributed by atoms with van der Waals surface area (Å²) in [7, 11) is 1.69. The molecule has 1 unspecified atom stereocenters. The normalized spacial score (nSPS) is 37.4. The van der Waals surface area contributed by atoms with Crippen molar-refractivity contribution in [2.24, 2.45) is 23.2 Å². The van der Waals surface area contributed by atoms with Gasteiger partial charge < -0.3 is 19.5 Å². The molecule has 3 fully saturated rings. The van der Waals surface area contributed by atoms with Crippen molar-refractivity contribution in [1.82, 2.24) is 4.90 Å². The summed E-state index contributed by atoms with van der Waals surface area (Å²) in [6.07, 6.45) is 4.53. The Morgan fingerprint density at radius 1 is 1.25 bits per heavy atom. The van der Waals surface area contributed by atoms with Gasteiger partial charge in [0, 0.05) is 62.2 Å². The maximum atomic E-state index is 12.9. The number of rotatable bonds is 4. The highest BCUT2D eigenvalue weighted by molar-refractivity contribution is 5.76. The van der Waals surface area contributed by atoms with Gasteiger partial charge in [0.2, 0.25) is 0 Å². The zero-order chi connectivity index (χ0) is 22.5. The molecule has 2 saturated heterocycles. The van der Waals surface area contributed by atoms with Crippen LogP contribution in [0.2, 0.25) is 0 Å². The summed E-state index contributed by atoms with van der Waals surface area (Å²) in [5.41, 5.74) is 2.23. The summed E-state index contributed by atoms with van der Waals surface area (Å²) >= 11 is 0. The third kappa shape index (κ3) is 3.52. The number of aliphatic hydroxyl groups excluding tert-OH is 1. The molecule has 6 atom stereocenters. The van der Waals surface area contributed by atoms with Crippen LogP contribution in [-0.2, 0) is 9.53 Å². The van der Waals surface area contributed by atoms with Crippen molar-refractivity contribution >= 4 is 11.7 Å². The smallest absolute Gasteiger partial charge is 0.311 e. The molecule has 1 aromatic carbocycles. The van der Waals surface area contributed by atoms with E-state index in [1.165, 1.54) is 11.3 Å². The largest absolute Gasteiger partial charge is 0.497 e. The second-order valence-corrected chi connectivity index (χ2v) is 10.3. The minimum Gasteiger partial charge on any atom is -0.497 e. The summed E-state index contributed by atoms with van der Waals surface area (Å²) in [4.78, 5) is 17.6. The Bertz CT molecular complexity index is 894. The number of hydrogen-bond acceptors (Lipinski definition) is 6. The Labute approximate surface area is 191 Å². The molecule has 1 saturated carbocycles. The summed E-state index contributed by atoms with van der Waals surface area (Å²) in [5, 5.41) is 11.6. The van der Waals surface area contributed by atoms with Gasteiger partial charge in [-0.2, -0.15) is 0 Å². The van der Waals surface area contributed by atoms with E-state index in [0.29, 0.717) is 12.5 Å². The molecule has 1 N–H and O–H groups in total. The average molecular weight is 441 g/mol. The van der Waals surface area contributed by atoms with Gasteiger partial charge in [-0.25, -0.2) is 0 Å². The molecule has 0 bridgehead atoms. The second-order valence-electron chi connectivity index (χ2n) is 10.3. The van der Waals surface area contributed by atoms with Crippen molar-refractivity contribution in [3.63, 3.8) is 0 Å². The first kappa shape index (κ1) is 21.8. The van der Waals surface area contributed by atoms with Gasteiger partial charge in [-0.3, -0.25) is 9.69 Å². The number of methoxy groups -OCH3 is 1. The summed E-state index contributed by atoms with van der Waals surface area (Å²) in [6.45, 7) is 8.74. The Kier molecular flexibility index (Phi) is 5.70. The van der Waals surface area contributed by atoms with E-state index in [-0.39, 0.29) is 29.3 Å². The molecule has 6 heteroatoms. The Morgan fingerprint density at radius 3 is 2.78 bits per heavy atom. The number of anilines is 1. The van der Waals surface area contributed by atoms with Crippen LogP contribution in [0.1, 0.15) is 33.1 Å². The number of ether oxygens (including phenoxy) is 2. The Hall–Kier alpha value is -2.05. The first-order chi connectivity index (χ1) is 15.4. The lowest BCUT2D eigenvalue weighted by Crippen LogP contribution is -2.55. The van der Waals surface area contributed by atoms with E-state index in [1.54, 1.807) is 7.11 Å². The first-order valence-corrected chi connectivity index (χ1v) is 12.1. The molecule has 2 heterocycles. The molecule has 5 rings (SSSR count). The average Bonchev–Trinajstić information content (AvgIpc) is 3.11. The van der Waals surface area contributed by atoms with E-state index in [2.05, 4.69) is 41.9 Å². The monoisotopic (exact) mass is 440 g/mol. The number of aliphatic hydroxyl groups is 1. The lowest BCUT2D eigenvalue weighted by molar-refractivity contribution is -0.145. The molecule has 0 aromatic heterocycles. The quantitative estimate of drug-likeness (QED) is 0.574. The number of carbonyl (C=O) groups excluding carboxylic acids is 1. The maximum Gasteiger partial charge on any atom is 0.311 e. The van der Waals surface area contributed by atoms with Gasteiger partial charge in [-0.1, -0.05) is 31.6 Å². The molecule has 2 aliphatic heterocycles. The van der Waals surface area contributed by atoms with Crippen LogP contribution in [0.4, 0.5) is 5.69 Å². The third-order valence-electron chi connectivity index (χ3n) is 8.82. The number of piperazine rings is 1. The van der Waals surface area contributed by atoms with Gasteiger partial charge >= 0.3 is 5.97 Å². The van der Waals surface area contributed by atoms with Gasteiger partial charge in [-0.15, -0.1) is 0 Å². The second kappa shape index (κ2) is 8.38. The van der Waals surface area contributed by atoms with Crippen LogP contribution < -0.4 is 9.64 Å². The van der Waals surface area contributed by atoms with Crippen molar-refractivity contribution in [2.75, 3.05) is 44.7 Å². The van der Waals surface area contributed by atoms with Crippen LogP contribution in [0.15, 0.2) is 35.9 Å². The van der Waals surface area contributed by atoms with Crippen molar-refractivity contribution in [2.45, 2.75) is 45.3 Å². The summed E-state index contributed by atoms with van der Waals surface area (Å²) in [6, 6.07) is 8.18. The lowest BCUT2D eigenvalue weighted by Gasteiger charge is -2.52. The minimum atomic E-state index is -0.530. The summed E-state index contributed by atoms with van der Waals surface area (Å²) < 4.78 is 11.2. The van der Waals surface area contributed by atoms with Crippen LogP contribution in [0.25, 0.3) is 0 Å². The SMILES string of the molecule is COc1cccc(N2CCN(CC3C(=O)O[C@@H]4CC5=CCC[C@@H](C)[C@@]5(C)[C@@H](O)[C@H]34)CC2)c1. The maximum absolute atomic E-state index is 12.9. The highest BCUT2D eigenvalue weighted by atomic mass is 16.6. The van der Waals surface area contributed by atoms with Crippen molar-refractivity contribution in [3.8, 4) is 5.75 Å². The van der Waals surface area contributed by atoms with Crippen molar-refractivity contribution in [1.29, 1.82) is 0 Å². The predicted octanol–water partition coefficient (Wildman–Crippen LogP) is 3.10. The highest BCUT2D eigenvalue weighted by Crippen LogP contribution is 2.56. The number of carbonyl (C=O) groups is 1. The van der Waals surface area contributed by atoms with Gasteiger partial charge in [0.05, 0.1) is 19.1 Å². The molecule has 2 aliphatic carbocycles. The van der Waals surface area contributed by atoms with Crippen LogP contribution in [0.3, 0.4) is 0 Å². The summed E-state index contributed by atoms with van der Waals surface area (Å²) in [5.74, 6) is 0.813. The van der Waals surface area contributed by atoms with E-state index in [4.69, 9.17) is 9.47 Å². The minimum absolute atomic E-state index is 0.110. The zero-order valence-electron chi connectivity index (χ0n) is 19.5. The number of nitrogens with zero attached hydrogens (tertiary/aromatic N) is 2. The van der Waals surface area contributed by atoms with Crippen molar-refractivity contribution in [3.05, 3.63) is 35.9 Å². The molecule has 6 nitrogen and oxygen atoms in total. The molecule has 0 radical (unpaired) electrons. The van der Waals surface area contributed by atoms with E-state index in [1.807, 2.05) is 12.1 Å². The molecule has 32 heavy (non-hydrogen) atoms. The van der Waals surface area contributed by atoms with Gasteiger partial charge in [-0.05, 0) is 30.9 Å². The molecule has 174 valence electrons. The van der Waals surface area contributed by atoms with E-state index >= 15 is 0 Å². The molecular formula is C26H36N2O4. The number of allylic oxidation sites excluding steroid dienone is 1. The number of esters is 1. The Balaban J connectivity index is 1.26. The highest BCUT2D eigenvalue weighted by Gasteiger charge is 2.59. The van der Waals surface area contributed by atoms with Crippen LogP contribution in [0.5, 0.6) is 5.75 Å². The molecule has 4 aliphatic rings. The number of fused-ring (bicyclic) bond motifs is 2. The van der Waals surface area contributed by atoms with Crippen LogP contribution >= 0.6 is 0 Å². The molecule has 0 amide bonds. The number of hydrogen-bond donors (Lipinski definition) is 1. The van der Waals surface area contributed by atoms with E-state index in [0.717, 1.165) is 51.2 Å². The fourth-order valence-electron chi connectivity index (χ4n) is 6.55. The van der Waals surface area contributed by atoms with Crippen molar-refractivity contribution < 1.29 is 19.4 Å². The lowest BCUT2D eigenvalue weighted by atomic mass is 9.55. The van der Waals surface area contributed by atoms with Gasteiger partial charge in [0.1, 0.15) is 11.9 Å². The molecular weight excluding hydrogens is 404 g/mol. The first-order valence-electron chi connectivity index (χ1n) is 12.1. The van der Waals surface area contributed by atoms with E-state index in [9.17, 15) is 9.90 Å². The Morgan fingerprint density at radius 2 is 2.03 bits per heavy atom. The predicted molar refractivity (Wildman–Crippen MR) is 124 cm³/mol. The molecule has 1 aromatic rings. The van der Waals surface area contributed by atoms with Crippen LogP contribution in [0, 0.1) is 23.2 Å². The van der Waals surface area contributed by atoms with Gasteiger partial charge in [0.15, 0.2) is 0 Å². The van der Waals surface area contributed by atoms with Crippen LogP contribution in [-0.4, -0.2) is 68.0 Å². The fourth-order valence-corrected chi connectivity index (χ4v) is 6.55. The number of benzene rings is 1. The molecule has 0 spiro atoms. The zero-order valence-corrected chi connectivity index (χ0v) is 19.5. The third-order valence-corrected chi connectivity index (χ3v) is 8.82. The van der Waals surface area contributed by atoms with Gasteiger partial charge in [0.25, 0.3) is 0 Å². The standard InChI is InChI=1S/C26H36N2O4/c1-17-6-4-7-18-14-22-23(24(29)26(17,18)2)21(25(30)32-22)16-27-10-12-28(13-11-27)19-8-5-9-20(15-19)31-3/h5,7-9,15,17,21-24,29H,4,6,10-14,16H2,1-3H3/t17-,21?,22-,23-,24+,26-/m1/s1. The van der Waals surface area contributed by atoms with E-state index < -0.39 is 6.10 Å². The fraction of sp³-hybridized carbons (Fsp3) is 0.654.